The average Bonchev–Trinajstić information content (AvgIpc) is 2.71. The van der Waals surface area contributed by atoms with Crippen LogP contribution in [-0.2, 0) is 10.8 Å². The summed E-state index contributed by atoms with van der Waals surface area (Å²) in [5.74, 6) is 0. The van der Waals surface area contributed by atoms with Crippen molar-refractivity contribution in [1.82, 2.24) is 0 Å². The third-order valence-corrected chi connectivity index (χ3v) is 7.54. The Labute approximate surface area is 145 Å². The lowest BCUT2D eigenvalue weighted by molar-refractivity contribution is 0.589. The van der Waals surface area contributed by atoms with Crippen LogP contribution in [0.4, 0.5) is 0 Å². The smallest absolute Gasteiger partial charge is 0.265 e. The molecule has 1 aromatic heterocycles. The Balaban J connectivity index is 2.39. The van der Waals surface area contributed by atoms with Crippen LogP contribution in [0.2, 0.25) is 0 Å². The summed E-state index contributed by atoms with van der Waals surface area (Å²) in [5, 5.41) is 0. The predicted octanol–water partition coefficient (Wildman–Crippen LogP) is 6.22. The van der Waals surface area contributed by atoms with Gasteiger partial charge in [0, 0.05) is 9.77 Å². The van der Waals surface area contributed by atoms with Crippen molar-refractivity contribution in [3.63, 3.8) is 0 Å². The van der Waals surface area contributed by atoms with Gasteiger partial charge in [-0.2, -0.15) is 0 Å². The molecule has 120 valence electrons. The Bertz CT molecular complexity index is 724. The largest absolute Gasteiger partial charge is 0.288 e. The quantitative estimate of drug-likeness (QED) is 0.638. The fraction of sp³-hybridized carbons (Fsp3) is 0.500. The summed E-state index contributed by atoms with van der Waals surface area (Å²) in [6.45, 7) is 15.4. The topological polar surface area (TPSA) is 17.1 Å². The Kier molecular flexibility index (Phi) is 4.96. The fourth-order valence-corrected chi connectivity index (χ4v) is 6.17. The zero-order chi connectivity index (χ0) is 16.7. The molecule has 0 saturated carbocycles. The molecule has 0 unspecified atom stereocenters. The second kappa shape index (κ2) is 6.14. The van der Waals surface area contributed by atoms with Crippen LogP contribution >= 0.6 is 34.4 Å². The molecule has 0 saturated heterocycles. The minimum absolute atomic E-state index is 0.0193. The summed E-state index contributed by atoms with van der Waals surface area (Å²) < 4.78 is 1.34. The lowest BCUT2D eigenvalue weighted by Crippen LogP contribution is -2.11. The van der Waals surface area contributed by atoms with E-state index in [9.17, 15) is 4.79 Å². The molecular formula is C18H24OS3. The second-order valence-corrected chi connectivity index (χ2v) is 11.2. The first-order chi connectivity index (χ1) is 9.98. The first-order valence-electron chi connectivity index (χ1n) is 7.42. The van der Waals surface area contributed by atoms with Gasteiger partial charge in [-0.15, -0.1) is 0 Å². The molecule has 0 bridgehead atoms. The van der Waals surface area contributed by atoms with Crippen molar-refractivity contribution in [1.29, 1.82) is 0 Å². The molecule has 0 aliphatic heterocycles. The zero-order valence-electron chi connectivity index (χ0n) is 14.4. The molecule has 0 atom stereocenters. The van der Waals surface area contributed by atoms with E-state index in [1.807, 2.05) is 0 Å². The minimum atomic E-state index is 0.0193. The van der Waals surface area contributed by atoms with Gasteiger partial charge in [0.1, 0.15) is 0 Å². The van der Waals surface area contributed by atoms with Gasteiger partial charge in [0.2, 0.25) is 0 Å². The summed E-state index contributed by atoms with van der Waals surface area (Å²) in [6, 6.07) is 6.68. The van der Waals surface area contributed by atoms with E-state index in [2.05, 4.69) is 66.7 Å². The average molecular weight is 353 g/mol. The zero-order valence-corrected chi connectivity index (χ0v) is 16.8. The molecule has 0 aliphatic carbocycles. The molecule has 22 heavy (non-hydrogen) atoms. The number of hydrogen-bond donors (Lipinski definition) is 0. The predicted molar refractivity (Wildman–Crippen MR) is 101 cm³/mol. The van der Waals surface area contributed by atoms with Crippen LogP contribution < -0.4 is 4.06 Å². The van der Waals surface area contributed by atoms with Crippen LogP contribution in [0, 0.1) is 6.92 Å². The van der Waals surface area contributed by atoms with Crippen LogP contribution in [-0.4, -0.2) is 0 Å². The van der Waals surface area contributed by atoms with Crippen molar-refractivity contribution >= 4 is 34.4 Å². The van der Waals surface area contributed by atoms with Crippen LogP contribution in [0.5, 0.6) is 0 Å². The van der Waals surface area contributed by atoms with Crippen molar-refractivity contribution in [3.05, 3.63) is 43.1 Å². The molecule has 0 spiro atoms. The highest BCUT2D eigenvalue weighted by molar-refractivity contribution is 8.01. The van der Waals surface area contributed by atoms with E-state index in [1.165, 1.54) is 43.6 Å². The van der Waals surface area contributed by atoms with E-state index < -0.39 is 0 Å². The van der Waals surface area contributed by atoms with Gasteiger partial charge >= 0.3 is 0 Å². The van der Waals surface area contributed by atoms with Crippen molar-refractivity contribution in [2.45, 2.75) is 68.4 Å². The number of benzene rings is 1. The SMILES string of the molecule is Cc1cc(C(C)(C)C)ccc1Sc1sc(=O)sc1C(C)(C)C. The van der Waals surface area contributed by atoms with E-state index in [-0.39, 0.29) is 14.9 Å². The van der Waals surface area contributed by atoms with Gasteiger partial charge in [0.25, 0.3) is 4.06 Å². The fourth-order valence-electron chi connectivity index (χ4n) is 2.12. The van der Waals surface area contributed by atoms with Crippen LogP contribution in [0.15, 0.2) is 32.1 Å². The van der Waals surface area contributed by atoms with E-state index in [1.54, 1.807) is 11.8 Å². The number of aryl methyl sites for hydroxylation is 1. The molecule has 1 heterocycles. The first kappa shape index (κ1) is 17.8. The summed E-state index contributed by atoms with van der Waals surface area (Å²) in [4.78, 5) is 14.3. The number of rotatable bonds is 2. The Morgan fingerprint density at radius 3 is 2.09 bits per heavy atom. The lowest BCUT2D eigenvalue weighted by Gasteiger charge is -2.21. The Morgan fingerprint density at radius 1 is 0.955 bits per heavy atom. The van der Waals surface area contributed by atoms with Crippen molar-refractivity contribution in [2.24, 2.45) is 0 Å². The standard InChI is InChI=1S/C18H24OS3/c1-11-10-12(17(2,3)4)8-9-13(11)20-15-14(18(5,6)7)21-16(19)22-15/h8-10H,1-7H3. The van der Waals surface area contributed by atoms with Crippen molar-refractivity contribution < 1.29 is 0 Å². The summed E-state index contributed by atoms with van der Waals surface area (Å²) in [7, 11) is 0. The molecule has 0 N–H and O–H groups in total. The van der Waals surface area contributed by atoms with Crippen LogP contribution in [0.3, 0.4) is 0 Å². The van der Waals surface area contributed by atoms with Gasteiger partial charge in [-0.1, -0.05) is 88.1 Å². The third kappa shape index (κ3) is 4.03. The molecule has 0 radical (unpaired) electrons. The maximum absolute atomic E-state index is 11.8. The minimum Gasteiger partial charge on any atom is -0.265 e. The maximum atomic E-state index is 11.8. The monoisotopic (exact) mass is 352 g/mol. The van der Waals surface area contributed by atoms with Crippen LogP contribution in [0.1, 0.15) is 57.5 Å². The van der Waals surface area contributed by atoms with Gasteiger partial charge in [0.15, 0.2) is 0 Å². The molecule has 2 rings (SSSR count). The normalized spacial score (nSPS) is 12.7. The molecular weight excluding hydrogens is 328 g/mol. The molecule has 4 heteroatoms. The Hall–Kier alpha value is -0.580. The second-order valence-electron chi connectivity index (χ2n) is 7.65. The molecule has 0 amide bonds. The highest BCUT2D eigenvalue weighted by atomic mass is 32.2. The van der Waals surface area contributed by atoms with Gasteiger partial charge in [-0.25, -0.2) is 0 Å². The lowest BCUT2D eigenvalue weighted by atomic mass is 9.86. The van der Waals surface area contributed by atoms with Crippen molar-refractivity contribution in [2.75, 3.05) is 0 Å². The van der Waals surface area contributed by atoms with Gasteiger partial charge in [-0.05, 0) is 34.9 Å². The van der Waals surface area contributed by atoms with Gasteiger partial charge in [0.05, 0.1) is 4.21 Å². The van der Waals surface area contributed by atoms with E-state index in [0.29, 0.717) is 0 Å². The molecule has 0 aliphatic rings. The Morgan fingerprint density at radius 2 is 1.59 bits per heavy atom. The molecule has 0 fully saturated rings. The molecule has 1 aromatic carbocycles. The van der Waals surface area contributed by atoms with E-state index in [0.717, 1.165) is 4.21 Å². The highest BCUT2D eigenvalue weighted by Gasteiger charge is 2.23. The summed E-state index contributed by atoms with van der Waals surface area (Å²) >= 11 is 4.51. The van der Waals surface area contributed by atoms with Crippen molar-refractivity contribution in [3.8, 4) is 0 Å². The highest BCUT2D eigenvalue weighted by Crippen LogP contribution is 2.42. The van der Waals surface area contributed by atoms with E-state index >= 15 is 0 Å². The third-order valence-electron chi connectivity index (χ3n) is 3.47. The summed E-state index contributed by atoms with van der Waals surface area (Å²) in [6.07, 6.45) is 0. The number of hydrogen-bond acceptors (Lipinski definition) is 4. The van der Waals surface area contributed by atoms with E-state index in [4.69, 9.17) is 0 Å². The first-order valence-corrected chi connectivity index (χ1v) is 9.87. The van der Waals surface area contributed by atoms with Crippen LogP contribution in [0.25, 0.3) is 0 Å². The van der Waals surface area contributed by atoms with Gasteiger partial charge < -0.3 is 0 Å². The summed E-state index contributed by atoms with van der Waals surface area (Å²) in [5.41, 5.74) is 2.82. The van der Waals surface area contributed by atoms with Gasteiger partial charge in [-0.3, -0.25) is 4.79 Å². The maximum Gasteiger partial charge on any atom is 0.288 e. The molecule has 1 nitrogen and oxygen atoms in total. The molecule has 2 aromatic rings.